The minimum Gasteiger partial charge on any atom is -0.373 e. The Morgan fingerprint density at radius 3 is 2.50 bits per heavy atom. The van der Waals surface area contributed by atoms with Crippen molar-refractivity contribution in [2.24, 2.45) is 0 Å². The summed E-state index contributed by atoms with van der Waals surface area (Å²) in [6.45, 7) is 7.66. The summed E-state index contributed by atoms with van der Waals surface area (Å²) in [5.74, 6) is -0.130. The van der Waals surface area contributed by atoms with Crippen LogP contribution in [0.4, 0.5) is 0 Å². The van der Waals surface area contributed by atoms with Gasteiger partial charge in [0.15, 0.2) is 0 Å². The lowest BCUT2D eigenvalue weighted by molar-refractivity contribution is -0.0440. The number of rotatable bonds is 3. The third kappa shape index (κ3) is 4.00. The number of hydrogen-bond donors (Lipinski definition) is 0. The molecule has 26 heavy (non-hydrogen) atoms. The van der Waals surface area contributed by atoms with Gasteiger partial charge in [-0.3, -0.25) is 4.79 Å². The predicted octanol–water partition coefficient (Wildman–Crippen LogP) is 2.28. The molecule has 0 N–H and O–H groups in total. The van der Waals surface area contributed by atoms with Crippen LogP contribution in [0.15, 0.2) is 40.8 Å². The maximum Gasteiger partial charge on any atom is 0.254 e. The first kappa shape index (κ1) is 19.1. The van der Waals surface area contributed by atoms with Crippen molar-refractivity contribution in [1.29, 1.82) is 0 Å². The fourth-order valence-corrected chi connectivity index (χ4v) is 5.04. The molecule has 0 bridgehead atoms. The second-order valence-corrected chi connectivity index (χ2v) is 9.10. The Bertz CT molecular complexity index is 809. The first-order chi connectivity index (χ1) is 12.3. The Labute approximate surface area is 155 Å². The zero-order valence-electron chi connectivity index (χ0n) is 15.5. The van der Waals surface area contributed by atoms with E-state index in [0.717, 1.165) is 6.42 Å². The van der Waals surface area contributed by atoms with E-state index in [4.69, 9.17) is 4.74 Å². The summed E-state index contributed by atoms with van der Waals surface area (Å²) in [6.07, 6.45) is 2.59. The van der Waals surface area contributed by atoms with Gasteiger partial charge in [-0.2, -0.15) is 4.31 Å². The van der Waals surface area contributed by atoms with E-state index < -0.39 is 10.0 Å². The van der Waals surface area contributed by atoms with E-state index in [-0.39, 0.29) is 23.0 Å². The molecule has 2 aliphatic rings. The van der Waals surface area contributed by atoms with E-state index in [1.807, 2.05) is 19.9 Å². The molecule has 0 saturated carbocycles. The average Bonchev–Trinajstić information content (AvgIpc) is 2.61. The molecule has 1 saturated heterocycles. The predicted molar refractivity (Wildman–Crippen MR) is 99.5 cm³/mol. The molecule has 2 aliphatic heterocycles. The van der Waals surface area contributed by atoms with Crippen LogP contribution in [0.25, 0.3) is 0 Å². The SMILES string of the molecule is CC1=CCN(C(=O)c2cccc(S(=O)(=O)N3C[C@@H](C)O[C@@H](C)C3)c2)CC1. The second-order valence-electron chi connectivity index (χ2n) is 7.16. The molecule has 2 heterocycles. The Hall–Kier alpha value is -1.70. The van der Waals surface area contributed by atoms with Gasteiger partial charge >= 0.3 is 0 Å². The minimum atomic E-state index is -3.65. The molecule has 2 atom stereocenters. The number of carbonyl (C=O) groups is 1. The van der Waals surface area contributed by atoms with Gasteiger partial charge in [0.25, 0.3) is 5.91 Å². The first-order valence-electron chi connectivity index (χ1n) is 8.98. The van der Waals surface area contributed by atoms with E-state index in [1.165, 1.54) is 15.9 Å². The Morgan fingerprint density at radius 1 is 1.19 bits per heavy atom. The van der Waals surface area contributed by atoms with E-state index in [9.17, 15) is 13.2 Å². The molecule has 0 spiro atoms. The van der Waals surface area contributed by atoms with Crippen LogP contribution in [0.1, 0.15) is 37.6 Å². The van der Waals surface area contributed by atoms with Crippen molar-refractivity contribution in [3.8, 4) is 0 Å². The number of morpholine rings is 1. The summed E-state index contributed by atoms with van der Waals surface area (Å²) in [6, 6.07) is 6.36. The largest absolute Gasteiger partial charge is 0.373 e. The average molecular weight is 378 g/mol. The Kier molecular flexibility index (Phi) is 5.50. The number of sulfonamides is 1. The summed E-state index contributed by atoms with van der Waals surface area (Å²) in [5.41, 5.74) is 1.69. The summed E-state index contributed by atoms with van der Waals surface area (Å²) in [5, 5.41) is 0. The highest BCUT2D eigenvalue weighted by Crippen LogP contribution is 2.23. The second kappa shape index (κ2) is 7.50. The number of nitrogens with zero attached hydrogens (tertiary/aromatic N) is 2. The van der Waals surface area contributed by atoms with Crippen LogP contribution in [-0.2, 0) is 14.8 Å². The molecular formula is C19H26N2O4S. The molecule has 7 heteroatoms. The zero-order valence-corrected chi connectivity index (χ0v) is 16.3. The molecule has 1 aromatic carbocycles. The molecule has 1 amide bonds. The van der Waals surface area contributed by atoms with Gasteiger partial charge in [-0.15, -0.1) is 0 Å². The molecule has 0 unspecified atom stereocenters. The lowest BCUT2D eigenvalue weighted by Gasteiger charge is -2.34. The van der Waals surface area contributed by atoms with Crippen molar-refractivity contribution in [3.63, 3.8) is 0 Å². The minimum absolute atomic E-state index is 0.130. The number of carbonyl (C=O) groups excluding carboxylic acids is 1. The summed E-state index contributed by atoms with van der Waals surface area (Å²) >= 11 is 0. The maximum absolute atomic E-state index is 13.0. The Morgan fingerprint density at radius 2 is 1.88 bits per heavy atom. The summed E-state index contributed by atoms with van der Waals surface area (Å²) in [4.78, 5) is 14.6. The third-order valence-corrected chi connectivity index (χ3v) is 6.66. The lowest BCUT2D eigenvalue weighted by atomic mass is 10.1. The molecule has 0 aliphatic carbocycles. The van der Waals surface area contributed by atoms with E-state index in [2.05, 4.69) is 6.92 Å². The summed E-state index contributed by atoms with van der Waals surface area (Å²) < 4.78 is 33.1. The highest BCUT2D eigenvalue weighted by molar-refractivity contribution is 7.89. The molecule has 1 fully saturated rings. The van der Waals surface area contributed by atoms with Crippen molar-refractivity contribution in [1.82, 2.24) is 9.21 Å². The summed E-state index contributed by atoms with van der Waals surface area (Å²) in [7, 11) is -3.65. The number of amides is 1. The fourth-order valence-electron chi connectivity index (χ4n) is 3.40. The molecule has 1 aromatic rings. The van der Waals surface area contributed by atoms with Crippen molar-refractivity contribution in [3.05, 3.63) is 41.5 Å². The van der Waals surface area contributed by atoms with Gasteiger partial charge in [-0.25, -0.2) is 8.42 Å². The van der Waals surface area contributed by atoms with Gasteiger partial charge in [-0.1, -0.05) is 17.7 Å². The van der Waals surface area contributed by atoms with Gasteiger partial charge < -0.3 is 9.64 Å². The molecular weight excluding hydrogens is 352 g/mol. The standard InChI is InChI=1S/C19H26N2O4S/c1-14-7-9-20(10-8-14)19(22)17-5-4-6-18(11-17)26(23,24)21-12-15(2)25-16(3)13-21/h4-7,11,15-16H,8-10,12-13H2,1-3H3/t15-,16+. The molecule has 3 rings (SSSR count). The number of ether oxygens (including phenoxy) is 1. The van der Waals surface area contributed by atoms with Crippen LogP contribution < -0.4 is 0 Å². The third-order valence-electron chi connectivity index (χ3n) is 4.83. The van der Waals surface area contributed by atoms with Gasteiger partial charge in [0.1, 0.15) is 0 Å². The van der Waals surface area contributed by atoms with E-state index in [1.54, 1.807) is 23.1 Å². The normalized spacial score (nSPS) is 25.0. The van der Waals surface area contributed by atoms with Crippen molar-refractivity contribution in [2.45, 2.75) is 44.3 Å². The molecule has 0 aromatic heterocycles. The van der Waals surface area contributed by atoms with Crippen LogP contribution in [0.3, 0.4) is 0 Å². The van der Waals surface area contributed by atoms with Gasteiger partial charge in [0.2, 0.25) is 10.0 Å². The van der Waals surface area contributed by atoms with Crippen LogP contribution in [0.5, 0.6) is 0 Å². The van der Waals surface area contributed by atoms with Gasteiger partial charge in [-0.05, 0) is 45.4 Å². The highest BCUT2D eigenvalue weighted by Gasteiger charge is 2.32. The quantitative estimate of drug-likeness (QED) is 0.757. The van der Waals surface area contributed by atoms with Crippen molar-refractivity contribution < 1.29 is 17.9 Å². The van der Waals surface area contributed by atoms with Crippen LogP contribution in [-0.4, -0.2) is 61.9 Å². The van der Waals surface area contributed by atoms with Crippen LogP contribution in [0, 0.1) is 0 Å². The van der Waals surface area contributed by atoms with Gasteiger partial charge in [0, 0.05) is 31.7 Å². The monoisotopic (exact) mass is 378 g/mol. The van der Waals surface area contributed by atoms with Gasteiger partial charge in [0.05, 0.1) is 17.1 Å². The van der Waals surface area contributed by atoms with Crippen LogP contribution >= 0.6 is 0 Å². The highest BCUT2D eigenvalue weighted by atomic mass is 32.2. The van der Waals surface area contributed by atoms with E-state index >= 15 is 0 Å². The number of hydrogen-bond acceptors (Lipinski definition) is 4. The fraction of sp³-hybridized carbons (Fsp3) is 0.526. The zero-order chi connectivity index (χ0) is 18.9. The number of benzene rings is 1. The van der Waals surface area contributed by atoms with Crippen molar-refractivity contribution >= 4 is 15.9 Å². The molecule has 142 valence electrons. The first-order valence-corrected chi connectivity index (χ1v) is 10.4. The van der Waals surface area contributed by atoms with Crippen molar-refractivity contribution in [2.75, 3.05) is 26.2 Å². The topological polar surface area (TPSA) is 66.9 Å². The maximum atomic E-state index is 13.0. The lowest BCUT2D eigenvalue weighted by Crippen LogP contribution is -2.48. The smallest absolute Gasteiger partial charge is 0.254 e. The van der Waals surface area contributed by atoms with E-state index in [0.29, 0.717) is 31.7 Å². The molecule has 0 radical (unpaired) electrons. The van der Waals surface area contributed by atoms with Crippen LogP contribution in [0.2, 0.25) is 0 Å². The molecule has 6 nitrogen and oxygen atoms in total. The Balaban J connectivity index is 1.83.